The predicted molar refractivity (Wildman–Crippen MR) is 80.7 cm³/mol. The SMILES string of the molecule is CC(Cc1ccco1)NC(=O)c1ccnc(-n2ccnc2)c1. The van der Waals surface area contributed by atoms with Gasteiger partial charge in [-0.2, -0.15) is 0 Å². The van der Waals surface area contributed by atoms with E-state index in [0.29, 0.717) is 17.8 Å². The van der Waals surface area contributed by atoms with Crippen LogP contribution in [0.1, 0.15) is 23.0 Å². The zero-order valence-electron chi connectivity index (χ0n) is 12.1. The average Bonchev–Trinajstić information content (AvgIpc) is 3.20. The molecule has 0 aliphatic rings. The number of furan rings is 1. The van der Waals surface area contributed by atoms with E-state index in [0.717, 1.165) is 5.76 Å². The van der Waals surface area contributed by atoms with Crippen molar-refractivity contribution in [3.8, 4) is 5.82 Å². The van der Waals surface area contributed by atoms with Gasteiger partial charge in [0.2, 0.25) is 0 Å². The first-order valence-corrected chi connectivity index (χ1v) is 7.00. The summed E-state index contributed by atoms with van der Waals surface area (Å²) in [5, 5.41) is 2.96. The number of carbonyl (C=O) groups excluding carboxylic acids is 1. The number of hydrogen-bond donors (Lipinski definition) is 1. The Balaban J connectivity index is 1.68. The van der Waals surface area contributed by atoms with Crippen molar-refractivity contribution in [3.63, 3.8) is 0 Å². The van der Waals surface area contributed by atoms with Gasteiger partial charge in [0.1, 0.15) is 17.9 Å². The molecule has 0 aliphatic carbocycles. The Morgan fingerprint density at radius 2 is 2.32 bits per heavy atom. The van der Waals surface area contributed by atoms with Crippen LogP contribution in [-0.2, 0) is 6.42 Å². The minimum atomic E-state index is -0.136. The predicted octanol–water partition coefficient (Wildman–Crippen LogP) is 2.22. The third kappa shape index (κ3) is 3.22. The highest BCUT2D eigenvalue weighted by Crippen LogP contribution is 2.08. The molecule has 3 heterocycles. The van der Waals surface area contributed by atoms with E-state index < -0.39 is 0 Å². The third-order valence-electron chi connectivity index (χ3n) is 3.24. The van der Waals surface area contributed by atoms with E-state index in [1.807, 2.05) is 19.1 Å². The van der Waals surface area contributed by atoms with Crippen molar-refractivity contribution in [3.05, 3.63) is 66.8 Å². The average molecular weight is 296 g/mol. The molecule has 1 atom stereocenters. The fourth-order valence-electron chi connectivity index (χ4n) is 2.18. The maximum absolute atomic E-state index is 12.3. The molecule has 1 amide bonds. The molecule has 3 aromatic heterocycles. The van der Waals surface area contributed by atoms with E-state index in [9.17, 15) is 4.79 Å². The summed E-state index contributed by atoms with van der Waals surface area (Å²) in [7, 11) is 0. The molecular formula is C16H16N4O2. The highest BCUT2D eigenvalue weighted by atomic mass is 16.3. The highest BCUT2D eigenvalue weighted by Gasteiger charge is 2.12. The lowest BCUT2D eigenvalue weighted by atomic mass is 10.1. The number of carbonyl (C=O) groups is 1. The van der Waals surface area contributed by atoms with E-state index in [1.165, 1.54) is 0 Å². The van der Waals surface area contributed by atoms with E-state index in [2.05, 4.69) is 15.3 Å². The number of nitrogens with zero attached hydrogens (tertiary/aromatic N) is 3. The van der Waals surface area contributed by atoms with Crippen LogP contribution in [0, 0.1) is 0 Å². The molecule has 6 nitrogen and oxygen atoms in total. The molecule has 0 bridgehead atoms. The molecule has 0 aromatic carbocycles. The molecule has 112 valence electrons. The van der Waals surface area contributed by atoms with Crippen molar-refractivity contribution < 1.29 is 9.21 Å². The summed E-state index contributed by atoms with van der Waals surface area (Å²) >= 11 is 0. The Hall–Kier alpha value is -2.89. The first-order chi connectivity index (χ1) is 10.7. The van der Waals surface area contributed by atoms with Gasteiger partial charge >= 0.3 is 0 Å². The molecule has 0 fully saturated rings. The van der Waals surface area contributed by atoms with E-state index in [1.54, 1.807) is 47.9 Å². The van der Waals surface area contributed by atoms with Crippen LogP contribution in [0.3, 0.4) is 0 Å². The van der Waals surface area contributed by atoms with Crippen molar-refractivity contribution in [2.24, 2.45) is 0 Å². The number of aromatic nitrogens is 3. The second-order valence-corrected chi connectivity index (χ2v) is 5.03. The maximum Gasteiger partial charge on any atom is 0.251 e. The summed E-state index contributed by atoms with van der Waals surface area (Å²) < 4.78 is 7.04. The molecule has 22 heavy (non-hydrogen) atoms. The van der Waals surface area contributed by atoms with Gasteiger partial charge in [0.05, 0.1) is 6.26 Å². The van der Waals surface area contributed by atoms with Gasteiger partial charge in [-0.15, -0.1) is 0 Å². The summed E-state index contributed by atoms with van der Waals surface area (Å²) in [6.45, 7) is 1.94. The van der Waals surface area contributed by atoms with Crippen LogP contribution in [-0.4, -0.2) is 26.5 Å². The molecule has 0 spiro atoms. The second-order valence-electron chi connectivity index (χ2n) is 5.03. The summed E-state index contributed by atoms with van der Waals surface area (Å²) in [5.74, 6) is 1.37. The molecule has 0 saturated heterocycles. The van der Waals surface area contributed by atoms with Crippen molar-refractivity contribution >= 4 is 5.91 Å². The van der Waals surface area contributed by atoms with Crippen LogP contribution in [0.2, 0.25) is 0 Å². The number of imidazole rings is 1. The topological polar surface area (TPSA) is 73.0 Å². The maximum atomic E-state index is 12.3. The number of hydrogen-bond acceptors (Lipinski definition) is 4. The van der Waals surface area contributed by atoms with Crippen LogP contribution in [0.25, 0.3) is 5.82 Å². The number of rotatable bonds is 5. The molecule has 6 heteroatoms. The third-order valence-corrected chi connectivity index (χ3v) is 3.24. The van der Waals surface area contributed by atoms with Crippen LogP contribution < -0.4 is 5.32 Å². The lowest BCUT2D eigenvalue weighted by Gasteiger charge is -2.13. The van der Waals surface area contributed by atoms with E-state index >= 15 is 0 Å². The van der Waals surface area contributed by atoms with E-state index in [4.69, 9.17) is 4.42 Å². The van der Waals surface area contributed by atoms with Gasteiger partial charge in [-0.25, -0.2) is 9.97 Å². The summed E-state index contributed by atoms with van der Waals surface area (Å²) in [5.41, 5.74) is 0.560. The summed E-state index contributed by atoms with van der Waals surface area (Å²) in [6, 6.07) is 7.13. The molecule has 0 radical (unpaired) electrons. The zero-order chi connectivity index (χ0) is 15.4. The molecule has 3 aromatic rings. The first kappa shape index (κ1) is 14.1. The normalized spacial score (nSPS) is 12.0. The highest BCUT2D eigenvalue weighted by molar-refractivity contribution is 5.94. The standard InChI is InChI=1S/C16H16N4O2/c1-12(9-14-3-2-8-22-14)19-16(21)13-4-5-18-15(10-13)20-7-6-17-11-20/h2-8,10-12H,9H2,1H3,(H,19,21). The van der Waals surface area contributed by atoms with E-state index in [-0.39, 0.29) is 11.9 Å². The Morgan fingerprint density at radius 1 is 1.41 bits per heavy atom. The van der Waals surface area contributed by atoms with Crippen LogP contribution >= 0.6 is 0 Å². The Labute approximate surface area is 127 Å². The molecule has 0 saturated carbocycles. The lowest BCUT2D eigenvalue weighted by molar-refractivity contribution is 0.0939. The van der Waals surface area contributed by atoms with Crippen molar-refractivity contribution in [1.29, 1.82) is 0 Å². The van der Waals surface area contributed by atoms with Crippen molar-refractivity contribution in [2.75, 3.05) is 0 Å². The first-order valence-electron chi connectivity index (χ1n) is 7.00. The quantitative estimate of drug-likeness (QED) is 0.783. The molecule has 3 rings (SSSR count). The van der Waals surface area contributed by atoms with Gasteiger partial charge in [0.15, 0.2) is 0 Å². The second kappa shape index (κ2) is 6.26. The molecular weight excluding hydrogens is 280 g/mol. The molecule has 1 unspecified atom stereocenters. The largest absolute Gasteiger partial charge is 0.469 e. The van der Waals surface area contributed by atoms with Crippen LogP contribution in [0.4, 0.5) is 0 Å². The van der Waals surface area contributed by atoms with Gasteiger partial charge in [-0.1, -0.05) is 0 Å². The van der Waals surface area contributed by atoms with Gasteiger partial charge < -0.3 is 9.73 Å². The van der Waals surface area contributed by atoms with Crippen LogP contribution in [0.15, 0.2) is 59.9 Å². The zero-order valence-corrected chi connectivity index (χ0v) is 12.1. The van der Waals surface area contributed by atoms with Gasteiger partial charge in [-0.3, -0.25) is 9.36 Å². The minimum Gasteiger partial charge on any atom is -0.469 e. The lowest BCUT2D eigenvalue weighted by Crippen LogP contribution is -2.34. The summed E-state index contributed by atoms with van der Waals surface area (Å²) in [6.07, 6.45) is 8.98. The number of nitrogens with one attached hydrogen (secondary N) is 1. The van der Waals surface area contributed by atoms with Gasteiger partial charge in [-0.05, 0) is 31.2 Å². The Morgan fingerprint density at radius 3 is 3.05 bits per heavy atom. The Kier molecular flexibility index (Phi) is 4.00. The number of amides is 1. The minimum absolute atomic E-state index is 0.0245. The summed E-state index contributed by atoms with van der Waals surface area (Å²) in [4.78, 5) is 20.5. The molecule has 1 N–H and O–H groups in total. The fourth-order valence-corrected chi connectivity index (χ4v) is 2.18. The smallest absolute Gasteiger partial charge is 0.251 e. The van der Waals surface area contributed by atoms with Crippen LogP contribution in [0.5, 0.6) is 0 Å². The molecule has 0 aliphatic heterocycles. The van der Waals surface area contributed by atoms with Crippen molar-refractivity contribution in [2.45, 2.75) is 19.4 Å². The Bertz CT molecular complexity index is 735. The fraction of sp³-hybridized carbons (Fsp3) is 0.188. The van der Waals surface area contributed by atoms with Gasteiger partial charge in [0, 0.05) is 36.6 Å². The van der Waals surface area contributed by atoms with Crippen molar-refractivity contribution in [1.82, 2.24) is 19.9 Å². The van der Waals surface area contributed by atoms with Gasteiger partial charge in [0.25, 0.3) is 5.91 Å². The monoisotopic (exact) mass is 296 g/mol. The number of pyridine rings is 1.